The maximum Gasteiger partial charge on any atom is 0.394 e. The molecule has 29 heavy (non-hydrogen) atoms. The fourth-order valence-electron chi connectivity index (χ4n) is 2.98. The standard InChI is InChI=1S/C12H25.C10H22O.Na.H2O4S/c1-3-5-7-9-11-12-10-8-6-4-2;1-2-3-4-5-6-7-8-9-10-11;;1-5(2,3)4/h1,3-12H2,2H3;11H,2-10H2,1H3;;(H2,1,2,3,4). The minimum absolute atomic E-state index is 0.370. The Kier molecular flexibility index (Phi) is 36.8. The van der Waals surface area contributed by atoms with Gasteiger partial charge in [-0.2, -0.15) is 8.42 Å². The van der Waals surface area contributed by atoms with Crippen LogP contribution in [0.1, 0.15) is 129 Å². The fraction of sp³-hybridized carbons (Fsp3) is 1.00. The molecule has 0 aliphatic carbocycles. The summed E-state index contributed by atoms with van der Waals surface area (Å²) in [5.74, 6) is 0. The van der Waals surface area contributed by atoms with Gasteiger partial charge in [0.2, 0.25) is 0 Å². The SMILES string of the molecule is CCCCCCCCCCC[CH2][Na].CCCCCCCCCCO.O=S(=O)(O)O. The number of rotatable bonds is 18. The Labute approximate surface area is 199 Å². The van der Waals surface area contributed by atoms with Crippen LogP contribution in [0, 0.1) is 0 Å². The van der Waals surface area contributed by atoms with Gasteiger partial charge in [0.25, 0.3) is 0 Å². The summed E-state index contributed by atoms with van der Waals surface area (Å²) < 4.78 is 33.1. The minimum atomic E-state index is -4.67. The number of aliphatic hydroxyl groups is 1. The number of aliphatic hydroxyl groups excluding tert-OH is 1. The molecule has 3 N–H and O–H groups in total. The molecule has 0 fully saturated rings. The average Bonchev–Trinajstić information content (AvgIpc) is 2.65. The van der Waals surface area contributed by atoms with Crippen molar-refractivity contribution < 1.29 is 22.6 Å². The Bertz CT molecular complexity index is 338. The summed E-state index contributed by atoms with van der Waals surface area (Å²) >= 11 is 1.41. The molecule has 0 amide bonds. The van der Waals surface area contributed by atoms with Crippen LogP contribution < -0.4 is 0 Å². The zero-order chi connectivity index (χ0) is 22.6. The molecule has 7 heteroatoms. The van der Waals surface area contributed by atoms with Crippen molar-refractivity contribution in [1.29, 1.82) is 0 Å². The van der Waals surface area contributed by atoms with E-state index in [0.717, 1.165) is 6.42 Å². The summed E-state index contributed by atoms with van der Waals surface area (Å²) in [4.78, 5) is 0. The fourth-order valence-corrected chi connectivity index (χ4v) is 3.48. The summed E-state index contributed by atoms with van der Waals surface area (Å²) in [5.41, 5.74) is 0. The van der Waals surface area contributed by atoms with Gasteiger partial charge in [0.1, 0.15) is 0 Å². The number of unbranched alkanes of at least 4 members (excludes halogenated alkanes) is 16. The van der Waals surface area contributed by atoms with Crippen molar-refractivity contribution in [3.8, 4) is 0 Å². The Morgan fingerprint density at radius 2 is 0.793 bits per heavy atom. The van der Waals surface area contributed by atoms with Gasteiger partial charge in [-0.3, -0.25) is 9.11 Å². The molecule has 0 aromatic rings. The van der Waals surface area contributed by atoms with E-state index in [9.17, 15) is 0 Å². The second kappa shape index (κ2) is 31.0. The molecule has 0 spiro atoms. The third-order valence-electron chi connectivity index (χ3n) is 4.72. The molecule has 0 aliphatic heterocycles. The van der Waals surface area contributed by atoms with Gasteiger partial charge in [-0.05, 0) is 6.42 Å². The zero-order valence-electron chi connectivity index (χ0n) is 19.7. The van der Waals surface area contributed by atoms with Crippen molar-refractivity contribution in [2.45, 2.75) is 133 Å². The quantitative estimate of drug-likeness (QED) is 0.120. The topological polar surface area (TPSA) is 94.8 Å². The molecular weight excluding hydrogens is 399 g/mol. The summed E-state index contributed by atoms with van der Waals surface area (Å²) in [5, 5.41) is 8.51. The average molecular weight is 449 g/mol. The Balaban J connectivity index is -0.000000383. The van der Waals surface area contributed by atoms with Crippen LogP contribution in [0.15, 0.2) is 0 Å². The predicted octanol–water partition coefficient (Wildman–Crippen LogP) is 6.96. The number of hydrogen-bond donors (Lipinski definition) is 3. The van der Waals surface area contributed by atoms with Gasteiger partial charge in [0.15, 0.2) is 0 Å². The molecule has 0 aromatic carbocycles. The third-order valence-corrected chi connectivity index (χ3v) is 5.43. The second-order valence-corrected chi connectivity index (χ2v) is 9.72. The predicted molar refractivity (Wildman–Crippen MR) is 126 cm³/mol. The van der Waals surface area contributed by atoms with Gasteiger partial charge in [-0.15, -0.1) is 0 Å². The van der Waals surface area contributed by atoms with E-state index in [1.807, 2.05) is 0 Å². The van der Waals surface area contributed by atoms with Crippen LogP contribution in [0.25, 0.3) is 0 Å². The van der Waals surface area contributed by atoms with Crippen LogP contribution in [0.5, 0.6) is 0 Å². The molecular formula is C22H49NaO5S. The zero-order valence-corrected chi connectivity index (χ0v) is 22.5. The molecule has 0 aromatic heterocycles. The van der Waals surface area contributed by atoms with Crippen LogP contribution >= 0.6 is 0 Å². The maximum absolute atomic E-state index is 8.74. The first kappa shape index (κ1) is 34.4. The first-order chi connectivity index (χ1) is 13.8. The molecule has 0 aliphatic rings. The first-order valence-corrected chi connectivity index (χ1v) is 14.9. The van der Waals surface area contributed by atoms with Gasteiger partial charge < -0.3 is 5.11 Å². The molecule has 0 rings (SSSR count). The van der Waals surface area contributed by atoms with E-state index in [1.54, 1.807) is 0 Å². The van der Waals surface area contributed by atoms with E-state index >= 15 is 0 Å². The summed E-state index contributed by atoms with van der Waals surface area (Å²) in [6, 6.07) is 0. The molecule has 0 saturated heterocycles. The van der Waals surface area contributed by atoms with Crippen LogP contribution in [0.2, 0.25) is 3.67 Å². The first-order valence-electron chi connectivity index (χ1n) is 12.1. The molecule has 174 valence electrons. The van der Waals surface area contributed by atoms with E-state index in [1.165, 1.54) is 141 Å². The van der Waals surface area contributed by atoms with E-state index in [0.29, 0.717) is 6.61 Å². The van der Waals surface area contributed by atoms with E-state index < -0.39 is 10.4 Å². The molecule has 0 radical (unpaired) electrons. The smallest absolute Gasteiger partial charge is 0.394 e. The molecule has 0 unspecified atom stereocenters. The van der Waals surface area contributed by atoms with Crippen molar-refractivity contribution in [3.05, 3.63) is 0 Å². The van der Waals surface area contributed by atoms with Crippen LogP contribution in [0.4, 0.5) is 0 Å². The van der Waals surface area contributed by atoms with Crippen molar-refractivity contribution in [2.75, 3.05) is 6.61 Å². The van der Waals surface area contributed by atoms with Gasteiger partial charge in [0, 0.05) is 6.61 Å². The van der Waals surface area contributed by atoms with Crippen LogP contribution in [-0.4, -0.2) is 57.2 Å². The van der Waals surface area contributed by atoms with E-state index in [-0.39, 0.29) is 0 Å². The molecule has 0 bridgehead atoms. The van der Waals surface area contributed by atoms with E-state index in [2.05, 4.69) is 13.8 Å². The summed E-state index contributed by atoms with van der Waals surface area (Å²) in [7, 11) is -4.67. The molecule has 0 heterocycles. The Morgan fingerprint density at radius 3 is 1.03 bits per heavy atom. The van der Waals surface area contributed by atoms with Crippen molar-refractivity contribution in [2.24, 2.45) is 0 Å². The van der Waals surface area contributed by atoms with E-state index in [4.69, 9.17) is 22.6 Å². The summed E-state index contributed by atoms with van der Waals surface area (Å²) in [6.45, 7) is 4.90. The minimum Gasteiger partial charge on any atom is -0.396 e. The molecule has 5 nitrogen and oxygen atoms in total. The molecule has 0 saturated carbocycles. The van der Waals surface area contributed by atoms with Gasteiger partial charge >= 0.3 is 113 Å². The van der Waals surface area contributed by atoms with Crippen molar-refractivity contribution in [1.82, 2.24) is 0 Å². The molecule has 0 atom stereocenters. The van der Waals surface area contributed by atoms with Crippen LogP contribution in [0.3, 0.4) is 0 Å². The Morgan fingerprint density at radius 1 is 0.552 bits per heavy atom. The Hall–Kier alpha value is 0.830. The van der Waals surface area contributed by atoms with Gasteiger partial charge in [-0.25, -0.2) is 0 Å². The normalized spacial score (nSPS) is 10.7. The monoisotopic (exact) mass is 448 g/mol. The third kappa shape index (κ3) is 58.5. The van der Waals surface area contributed by atoms with Crippen molar-refractivity contribution >= 4 is 38.3 Å². The van der Waals surface area contributed by atoms with Gasteiger partial charge in [0.05, 0.1) is 0 Å². The van der Waals surface area contributed by atoms with Crippen LogP contribution in [-0.2, 0) is 10.4 Å². The second-order valence-electron chi connectivity index (χ2n) is 7.83. The van der Waals surface area contributed by atoms with Gasteiger partial charge in [-0.1, -0.05) is 51.9 Å². The largest absolute Gasteiger partial charge is 0.396 e. The summed E-state index contributed by atoms with van der Waals surface area (Å²) in [6.07, 6.45) is 25.1. The van der Waals surface area contributed by atoms with Crippen molar-refractivity contribution in [3.63, 3.8) is 0 Å². The number of hydrogen-bond acceptors (Lipinski definition) is 3. The maximum atomic E-state index is 8.74.